The fourth-order valence-electron chi connectivity index (χ4n) is 1.83. The minimum absolute atomic E-state index is 0.00344. The van der Waals surface area contributed by atoms with Crippen LogP contribution in [0.15, 0.2) is 24.3 Å². The Morgan fingerprint density at radius 3 is 2.55 bits per heavy atom. The van der Waals surface area contributed by atoms with Crippen LogP contribution in [0.25, 0.3) is 0 Å². The first kappa shape index (κ1) is 18.1. The van der Waals surface area contributed by atoms with Crippen LogP contribution in [0.4, 0.5) is 9.18 Å². The van der Waals surface area contributed by atoms with Crippen molar-refractivity contribution in [2.24, 2.45) is 0 Å². The summed E-state index contributed by atoms with van der Waals surface area (Å²) in [6.07, 6.45) is -0.627. The molecule has 0 bridgehead atoms. The molecule has 5 nitrogen and oxygen atoms in total. The summed E-state index contributed by atoms with van der Waals surface area (Å²) >= 11 is 0. The lowest BCUT2D eigenvalue weighted by Gasteiger charge is -2.23. The number of hydrogen-bond acceptors (Lipinski definition) is 4. The van der Waals surface area contributed by atoms with Gasteiger partial charge in [-0.05, 0) is 32.9 Å². The Morgan fingerprint density at radius 2 is 2.00 bits per heavy atom. The number of Topliss-reactive ketones (excluding diaryl/α,β-unsaturated/α-hetero) is 1. The first-order valence-electron chi connectivity index (χ1n) is 6.98. The Balaban J connectivity index is 2.67. The van der Waals surface area contributed by atoms with E-state index in [1.54, 1.807) is 20.8 Å². The predicted octanol–water partition coefficient (Wildman–Crippen LogP) is 2.94. The van der Waals surface area contributed by atoms with Gasteiger partial charge in [-0.2, -0.15) is 0 Å². The van der Waals surface area contributed by atoms with E-state index in [9.17, 15) is 14.0 Å². The van der Waals surface area contributed by atoms with E-state index in [2.05, 4.69) is 5.32 Å². The van der Waals surface area contributed by atoms with Crippen molar-refractivity contribution in [1.82, 2.24) is 5.32 Å². The van der Waals surface area contributed by atoms with E-state index in [4.69, 9.17) is 9.47 Å². The number of hydrogen-bond donors (Lipinski definition) is 1. The van der Waals surface area contributed by atoms with E-state index in [-0.39, 0.29) is 24.4 Å². The summed E-state index contributed by atoms with van der Waals surface area (Å²) in [4.78, 5) is 23.9. The normalized spacial score (nSPS) is 12.6. The molecule has 0 spiro atoms. The smallest absolute Gasteiger partial charge is 0.407 e. The molecule has 122 valence electrons. The van der Waals surface area contributed by atoms with E-state index in [0.29, 0.717) is 0 Å². The molecule has 1 unspecified atom stereocenters. The Morgan fingerprint density at radius 1 is 1.32 bits per heavy atom. The van der Waals surface area contributed by atoms with Crippen molar-refractivity contribution in [1.29, 1.82) is 0 Å². The van der Waals surface area contributed by atoms with Gasteiger partial charge in [-0.25, -0.2) is 9.18 Å². The molecule has 1 amide bonds. The molecule has 0 aliphatic rings. The summed E-state index contributed by atoms with van der Waals surface area (Å²) in [5.41, 5.74) is -0.374. The first-order valence-corrected chi connectivity index (χ1v) is 6.98. The average molecular weight is 311 g/mol. The van der Waals surface area contributed by atoms with Crippen LogP contribution in [0.1, 0.15) is 37.6 Å². The Kier molecular flexibility index (Phi) is 6.49. The Labute approximate surface area is 129 Å². The van der Waals surface area contributed by atoms with Gasteiger partial charge >= 0.3 is 6.09 Å². The summed E-state index contributed by atoms with van der Waals surface area (Å²) in [5.74, 6) is -0.758. The molecule has 1 aromatic carbocycles. The molecule has 6 heteroatoms. The van der Waals surface area contributed by atoms with Crippen molar-refractivity contribution < 1.29 is 23.5 Å². The summed E-state index contributed by atoms with van der Waals surface area (Å²) in [7, 11) is 1.47. The molecule has 22 heavy (non-hydrogen) atoms. The van der Waals surface area contributed by atoms with Gasteiger partial charge in [-0.1, -0.05) is 12.1 Å². The molecule has 0 saturated heterocycles. The van der Waals surface area contributed by atoms with E-state index in [0.717, 1.165) is 0 Å². The summed E-state index contributed by atoms with van der Waals surface area (Å²) < 4.78 is 23.3. The van der Waals surface area contributed by atoms with Crippen molar-refractivity contribution >= 4 is 11.9 Å². The number of ether oxygens (including phenoxy) is 2. The third-order valence-corrected chi connectivity index (χ3v) is 2.67. The molecule has 0 fully saturated rings. The SMILES string of the molecule is COCC(CC(=O)c1cccc(F)c1)NC(=O)OC(C)(C)C. The fourth-order valence-corrected chi connectivity index (χ4v) is 1.83. The van der Waals surface area contributed by atoms with E-state index < -0.39 is 23.6 Å². The Hall–Kier alpha value is -1.95. The lowest BCUT2D eigenvalue weighted by Crippen LogP contribution is -2.42. The van der Waals surface area contributed by atoms with Crippen molar-refractivity contribution in [3.63, 3.8) is 0 Å². The number of methoxy groups -OCH3 is 1. The maximum Gasteiger partial charge on any atom is 0.407 e. The zero-order valence-electron chi connectivity index (χ0n) is 13.3. The van der Waals surface area contributed by atoms with Crippen molar-refractivity contribution in [3.05, 3.63) is 35.6 Å². The largest absolute Gasteiger partial charge is 0.444 e. The Bertz CT molecular complexity index is 525. The maximum atomic E-state index is 13.1. The van der Waals surface area contributed by atoms with Crippen LogP contribution >= 0.6 is 0 Å². The monoisotopic (exact) mass is 311 g/mol. The van der Waals surface area contributed by atoms with E-state index >= 15 is 0 Å². The molecule has 0 aliphatic carbocycles. The van der Waals surface area contributed by atoms with Gasteiger partial charge < -0.3 is 14.8 Å². The lowest BCUT2D eigenvalue weighted by molar-refractivity contribution is 0.0464. The lowest BCUT2D eigenvalue weighted by atomic mass is 10.0. The minimum atomic E-state index is -0.631. The number of rotatable bonds is 6. The molecule has 0 aromatic heterocycles. The zero-order valence-corrected chi connectivity index (χ0v) is 13.3. The molecule has 1 rings (SSSR count). The van der Waals surface area contributed by atoms with Crippen LogP contribution in [0, 0.1) is 5.82 Å². The highest BCUT2D eigenvalue weighted by Gasteiger charge is 2.22. The molecule has 1 aromatic rings. The summed E-state index contributed by atoms with van der Waals surface area (Å²) in [6, 6.07) is 4.88. The first-order chi connectivity index (χ1) is 10.2. The average Bonchev–Trinajstić information content (AvgIpc) is 2.36. The van der Waals surface area contributed by atoms with Gasteiger partial charge in [0.2, 0.25) is 0 Å². The summed E-state index contributed by atoms with van der Waals surface area (Å²) in [5, 5.41) is 2.59. The third kappa shape index (κ3) is 6.67. The zero-order chi connectivity index (χ0) is 16.8. The van der Waals surface area contributed by atoms with Gasteiger partial charge in [0.25, 0.3) is 0 Å². The van der Waals surface area contributed by atoms with E-state index in [1.165, 1.54) is 31.4 Å². The minimum Gasteiger partial charge on any atom is -0.444 e. The summed E-state index contributed by atoms with van der Waals surface area (Å²) in [6.45, 7) is 5.39. The maximum absolute atomic E-state index is 13.1. The van der Waals surface area contributed by atoms with Crippen LogP contribution in [0.3, 0.4) is 0 Å². The van der Waals surface area contributed by atoms with Crippen molar-refractivity contribution in [2.45, 2.75) is 38.8 Å². The molecule has 0 heterocycles. The highest BCUT2D eigenvalue weighted by molar-refractivity contribution is 5.96. The topological polar surface area (TPSA) is 64.6 Å². The number of carbonyl (C=O) groups excluding carboxylic acids is 2. The van der Waals surface area contributed by atoms with Crippen LogP contribution in [0.2, 0.25) is 0 Å². The number of ketones is 1. The molecule has 0 radical (unpaired) electrons. The van der Waals surface area contributed by atoms with E-state index in [1.807, 2.05) is 0 Å². The number of amides is 1. The highest BCUT2D eigenvalue weighted by atomic mass is 19.1. The van der Waals surface area contributed by atoms with Crippen LogP contribution in [-0.2, 0) is 9.47 Å². The van der Waals surface area contributed by atoms with Crippen molar-refractivity contribution in [2.75, 3.05) is 13.7 Å². The number of nitrogens with one attached hydrogen (secondary N) is 1. The van der Waals surface area contributed by atoms with Gasteiger partial charge in [0.05, 0.1) is 12.6 Å². The van der Waals surface area contributed by atoms with Crippen LogP contribution in [0.5, 0.6) is 0 Å². The quantitative estimate of drug-likeness (QED) is 0.820. The van der Waals surface area contributed by atoms with Crippen LogP contribution in [-0.4, -0.2) is 37.2 Å². The highest BCUT2D eigenvalue weighted by Crippen LogP contribution is 2.10. The number of carbonyl (C=O) groups is 2. The van der Waals surface area contributed by atoms with Gasteiger partial charge in [0.15, 0.2) is 5.78 Å². The molecular weight excluding hydrogens is 289 g/mol. The third-order valence-electron chi connectivity index (χ3n) is 2.67. The number of benzene rings is 1. The molecule has 1 N–H and O–H groups in total. The van der Waals surface area contributed by atoms with Gasteiger partial charge in [-0.15, -0.1) is 0 Å². The molecule has 0 aliphatic heterocycles. The second kappa shape index (κ2) is 7.89. The second-order valence-electron chi connectivity index (χ2n) is 5.94. The molecular formula is C16H22FNO4. The standard InChI is InChI=1S/C16H22FNO4/c1-16(2,3)22-15(20)18-13(10-21-4)9-14(19)11-6-5-7-12(17)8-11/h5-8,13H,9-10H2,1-4H3,(H,18,20). The van der Waals surface area contributed by atoms with Gasteiger partial charge in [-0.3, -0.25) is 4.79 Å². The predicted molar refractivity (Wildman–Crippen MR) is 80.4 cm³/mol. The second-order valence-corrected chi connectivity index (χ2v) is 5.94. The molecule has 0 saturated carbocycles. The number of alkyl carbamates (subject to hydrolysis) is 1. The van der Waals surface area contributed by atoms with Gasteiger partial charge in [0, 0.05) is 19.1 Å². The van der Waals surface area contributed by atoms with Crippen LogP contribution < -0.4 is 5.32 Å². The fraction of sp³-hybridized carbons (Fsp3) is 0.500. The number of halogens is 1. The van der Waals surface area contributed by atoms with Crippen molar-refractivity contribution in [3.8, 4) is 0 Å². The van der Waals surface area contributed by atoms with Gasteiger partial charge in [0.1, 0.15) is 11.4 Å². The molecule has 1 atom stereocenters.